The second-order valence-electron chi connectivity index (χ2n) is 4.75. The Balaban J connectivity index is 2.35. The van der Waals surface area contributed by atoms with E-state index in [1.54, 1.807) is 11.8 Å². The van der Waals surface area contributed by atoms with Gasteiger partial charge < -0.3 is 4.90 Å². The summed E-state index contributed by atoms with van der Waals surface area (Å²) in [5, 5.41) is 0. The molecule has 0 bridgehead atoms. The molecule has 1 aromatic rings. The van der Waals surface area contributed by atoms with E-state index in [4.69, 9.17) is 0 Å². The molecule has 1 aliphatic heterocycles. The first-order chi connectivity index (χ1) is 8.89. The summed E-state index contributed by atoms with van der Waals surface area (Å²) < 4.78 is 23.4. The third-order valence-electron chi connectivity index (χ3n) is 3.31. The first kappa shape index (κ1) is 13.8. The summed E-state index contributed by atoms with van der Waals surface area (Å²) in [6.45, 7) is 2.13. The van der Waals surface area contributed by atoms with Crippen molar-refractivity contribution < 1.29 is 13.2 Å². The van der Waals surface area contributed by atoms with Crippen LogP contribution in [0.15, 0.2) is 40.9 Å². The normalized spacial score (nSPS) is 16.9. The van der Waals surface area contributed by atoms with Gasteiger partial charge in [0.05, 0.1) is 11.4 Å². The van der Waals surface area contributed by atoms with Gasteiger partial charge in [0.25, 0.3) is 0 Å². The number of rotatable bonds is 3. The van der Waals surface area contributed by atoms with E-state index in [0.717, 1.165) is 5.56 Å². The van der Waals surface area contributed by atoms with Crippen molar-refractivity contribution in [2.75, 3.05) is 6.26 Å². The summed E-state index contributed by atoms with van der Waals surface area (Å²) >= 11 is 0. The smallest absolute Gasteiger partial charge is 0.227 e. The van der Waals surface area contributed by atoms with Gasteiger partial charge in [0, 0.05) is 18.4 Å². The number of nitrogens with zero attached hydrogens (tertiary/aromatic N) is 1. The minimum absolute atomic E-state index is 0.0197. The number of carbonyl (C=O) groups excluding carboxylic acids is 1. The Labute approximate surface area is 113 Å². The number of benzene rings is 1. The zero-order valence-corrected chi connectivity index (χ0v) is 11.9. The second kappa shape index (κ2) is 5.17. The molecular weight excluding hydrogens is 262 g/mol. The summed E-state index contributed by atoms with van der Waals surface area (Å²) in [5.41, 5.74) is 1.55. The van der Waals surface area contributed by atoms with E-state index in [1.165, 1.54) is 6.26 Å². The number of amides is 1. The minimum atomic E-state index is -3.24. The maximum Gasteiger partial charge on any atom is 0.227 e. The van der Waals surface area contributed by atoms with Gasteiger partial charge in [-0.05, 0) is 18.9 Å². The molecule has 0 aliphatic carbocycles. The SMILES string of the molecule is CC1=C(S(C)(=O)=O)CCC(=O)N1Cc1ccccc1. The maximum absolute atomic E-state index is 12.0. The predicted molar refractivity (Wildman–Crippen MR) is 73.8 cm³/mol. The molecule has 0 unspecified atom stereocenters. The Hall–Kier alpha value is -1.62. The molecule has 5 heteroatoms. The Kier molecular flexibility index (Phi) is 3.75. The number of carbonyl (C=O) groups is 1. The lowest BCUT2D eigenvalue weighted by Crippen LogP contribution is -2.34. The molecule has 0 saturated heterocycles. The Morgan fingerprint density at radius 3 is 2.37 bits per heavy atom. The highest BCUT2D eigenvalue weighted by Gasteiger charge is 2.28. The van der Waals surface area contributed by atoms with E-state index in [-0.39, 0.29) is 12.3 Å². The molecular formula is C14H17NO3S. The van der Waals surface area contributed by atoms with Crippen LogP contribution in [0.5, 0.6) is 0 Å². The minimum Gasteiger partial charge on any atom is -0.311 e. The number of hydrogen-bond donors (Lipinski definition) is 0. The van der Waals surface area contributed by atoms with E-state index in [9.17, 15) is 13.2 Å². The van der Waals surface area contributed by atoms with Gasteiger partial charge in [0.2, 0.25) is 5.91 Å². The first-order valence-electron chi connectivity index (χ1n) is 6.13. The topological polar surface area (TPSA) is 54.5 Å². The molecule has 1 amide bonds. The van der Waals surface area contributed by atoms with Crippen LogP contribution in [0.4, 0.5) is 0 Å². The highest BCUT2D eigenvalue weighted by Crippen LogP contribution is 2.27. The third-order valence-corrected chi connectivity index (χ3v) is 4.70. The van der Waals surface area contributed by atoms with E-state index in [1.807, 2.05) is 30.3 Å². The van der Waals surface area contributed by atoms with Gasteiger partial charge in [-0.2, -0.15) is 0 Å². The van der Waals surface area contributed by atoms with Crippen molar-refractivity contribution in [3.63, 3.8) is 0 Å². The fraction of sp³-hybridized carbons (Fsp3) is 0.357. The summed E-state index contributed by atoms with van der Waals surface area (Å²) in [4.78, 5) is 13.9. The molecule has 1 aliphatic rings. The van der Waals surface area contributed by atoms with Crippen molar-refractivity contribution in [3.05, 3.63) is 46.5 Å². The lowest BCUT2D eigenvalue weighted by Gasteiger charge is -2.29. The van der Waals surface area contributed by atoms with Gasteiger partial charge in [-0.25, -0.2) is 8.42 Å². The lowest BCUT2D eigenvalue weighted by atomic mass is 10.1. The quantitative estimate of drug-likeness (QED) is 0.851. The molecule has 1 aromatic carbocycles. The van der Waals surface area contributed by atoms with Crippen LogP contribution < -0.4 is 0 Å². The monoisotopic (exact) mass is 279 g/mol. The van der Waals surface area contributed by atoms with Crippen molar-refractivity contribution in [1.82, 2.24) is 4.90 Å². The molecule has 4 nitrogen and oxygen atoms in total. The van der Waals surface area contributed by atoms with Crippen LogP contribution in [0, 0.1) is 0 Å². The Morgan fingerprint density at radius 1 is 1.16 bits per heavy atom. The van der Waals surface area contributed by atoms with Crippen LogP contribution in [-0.4, -0.2) is 25.5 Å². The summed E-state index contributed by atoms with van der Waals surface area (Å²) in [6.07, 6.45) is 1.77. The largest absolute Gasteiger partial charge is 0.311 e. The van der Waals surface area contributed by atoms with Gasteiger partial charge in [0.1, 0.15) is 0 Å². The standard InChI is InChI=1S/C14H17NO3S/c1-11-13(19(2,17)18)8-9-14(16)15(11)10-12-6-4-3-5-7-12/h3-7H,8-10H2,1-2H3. The highest BCUT2D eigenvalue weighted by molar-refractivity contribution is 7.94. The predicted octanol–water partition coefficient (Wildman–Crippen LogP) is 2.09. The van der Waals surface area contributed by atoms with Crippen LogP contribution in [0.3, 0.4) is 0 Å². The summed E-state index contributed by atoms with van der Waals surface area (Å²) in [7, 11) is -3.24. The zero-order valence-electron chi connectivity index (χ0n) is 11.1. The fourth-order valence-electron chi connectivity index (χ4n) is 2.30. The van der Waals surface area contributed by atoms with Crippen LogP contribution in [-0.2, 0) is 21.2 Å². The number of allylic oxidation sites excluding steroid dienone is 2. The molecule has 19 heavy (non-hydrogen) atoms. The number of hydrogen-bond acceptors (Lipinski definition) is 3. The van der Waals surface area contributed by atoms with Gasteiger partial charge >= 0.3 is 0 Å². The van der Waals surface area contributed by atoms with E-state index >= 15 is 0 Å². The summed E-state index contributed by atoms with van der Waals surface area (Å²) in [6, 6.07) is 9.57. The van der Waals surface area contributed by atoms with Crippen molar-refractivity contribution >= 4 is 15.7 Å². The van der Waals surface area contributed by atoms with E-state index in [0.29, 0.717) is 23.6 Å². The molecule has 0 N–H and O–H groups in total. The lowest BCUT2D eigenvalue weighted by molar-refractivity contribution is -0.130. The molecule has 2 rings (SSSR count). The van der Waals surface area contributed by atoms with Crippen LogP contribution in [0.1, 0.15) is 25.3 Å². The molecule has 0 spiro atoms. The van der Waals surface area contributed by atoms with Crippen molar-refractivity contribution in [2.45, 2.75) is 26.3 Å². The van der Waals surface area contributed by atoms with Crippen LogP contribution >= 0.6 is 0 Å². The molecule has 0 fully saturated rings. The van der Waals surface area contributed by atoms with Crippen LogP contribution in [0.25, 0.3) is 0 Å². The Morgan fingerprint density at radius 2 is 1.79 bits per heavy atom. The fourth-order valence-corrected chi connectivity index (χ4v) is 3.42. The molecule has 0 aromatic heterocycles. The Bertz CT molecular complexity index is 617. The maximum atomic E-state index is 12.0. The highest BCUT2D eigenvalue weighted by atomic mass is 32.2. The van der Waals surface area contributed by atoms with Gasteiger partial charge in [-0.15, -0.1) is 0 Å². The molecule has 0 saturated carbocycles. The van der Waals surface area contributed by atoms with Gasteiger partial charge in [0.15, 0.2) is 9.84 Å². The molecule has 0 radical (unpaired) electrons. The average Bonchev–Trinajstić information content (AvgIpc) is 2.34. The molecule has 0 atom stereocenters. The first-order valence-corrected chi connectivity index (χ1v) is 8.03. The average molecular weight is 279 g/mol. The van der Waals surface area contributed by atoms with Gasteiger partial charge in [-0.1, -0.05) is 30.3 Å². The molecule has 1 heterocycles. The van der Waals surface area contributed by atoms with E-state index < -0.39 is 9.84 Å². The number of sulfone groups is 1. The summed E-state index contributed by atoms with van der Waals surface area (Å²) in [5.74, 6) is -0.0197. The second-order valence-corrected chi connectivity index (χ2v) is 6.78. The van der Waals surface area contributed by atoms with Gasteiger partial charge in [-0.3, -0.25) is 4.79 Å². The van der Waals surface area contributed by atoms with Crippen molar-refractivity contribution in [3.8, 4) is 0 Å². The molecule has 102 valence electrons. The zero-order chi connectivity index (χ0) is 14.0. The van der Waals surface area contributed by atoms with Crippen molar-refractivity contribution in [1.29, 1.82) is 0 Å². The van der Waals surface area contributed by atoms with E-state index in [2.05, 4.69) is 0 Å². The van der Waals surface area contributed by atoms with Crippen LogP contribution in [0.2, 0.25) is 0 Å². The third kappa shape index (κ3) is 3.04. The van der Waals surface area contributed by atoms with Crippen molar-refractivity contribution in [2.24, 2.45) is 0 Å².